The monoisotopic (exact) mass is 285 g/mol. The molecular weight excluding hydrogens is 266 g/mol. The number of nitrogens with two attached hydrogens (primary N) is 1. The molecule has 0 aliphatic heterocycles. The van der Waals surface area contributed by atoms with Gasteiger partial charge in [-0.3, -0.25) is 0 Å². The lowest BCUT2D eigenvalue weighted by molar-refractivity contribution is 0.891. The minimum atomic E-state index is 0.403. The smallest absolute Gasteiger partial charge is 0.129 e. The van der Waals surface area contributed by atoms with Gasteiger partial charge in [0.25, 0.3) is 0 Å². The molecule has 4 heteroatoms. The van der Waals surface area contributed by atoms with Crippen molar-refractivity contribution in [1.29, 1.82) is 0 Å². The summed E-state index contributed by atoms with van der Waals surface area (Å²) in [6, 6.07) is 12.3. The van der Waals surface area contributed by atoms with E-state index in [0.29, 0.717) is 4.99 Å². The van der Waals surface area contributed by atoms with Crippen molar-refractivity contribution >= 4 is 23.0 Å². The molecule has 0 bridgehead atoms. The van der Waals surface area contributed by atoms with Crippen LogP contribution in [0.1, 0.15) is 22.4 Å². The fourth-order valence-corrected chi connectivity index (χ4v) is 2.27. The normalized spacial score (nSPS) is 10.3. The van der Waals surface area contributed by atoms with Crippen molar-refractivity contribution in [2.75, 3.05) is 11.9 Å². The Kier molecular flexibility index (Phi) is 4.35. The van der Waals surface area contributed by atoms with Crippen LogP contribution >= 0.6 is 12.2 Å². The van der Waals surface area contributed by atoms with E-state index in [1.165, 1.54) is 11.1 Å². The fourth-order valence-electron chi connectivity index (χ4n) is 2.15. The molecule has 0 aliphatic carbocycles. The van der Waals surface area contributed by atoms with Gasteiger partial charge in [-0.15, -0.1) is 0 Å². The zero-order valence-electron chi connectivity index (χ0n) is 12.1. The Balaban J connectivity index is 2.25. The molecule has 20 heavy (non-hydrogen) atoms. The number of hydrogen-bond donors (Lipinski definition) is 1. The van der Waals surface area contributed by atoms with Gasteiger partial charge in [-0.05, 0) is 31.5 Å². The average molecular weight is 285 g/mol. The van der Waals surface area contributed by atoms with Gasteiger partial charge in [0, 0.05) is 24.8 Å². The lowest BCUT2D eigenvalue weighted by atomic mass is 10.1. The van der Waals surface area contributed by atoms with Crippen molar-refractivity contribution in [2.24, 2.45) is 5.73 Å². The van der Waals surface area contributed by atoms with Crippen LogP contribution in [0.2, 0.25) is 0 Å². The first-order valence-electron chi connectivity index (χ1n) is 6.51. The molecule has 0 fully saturated rings. The van der Waals surface area contributed by atoms with Crippen molar-refractivity contribution < 1.29 is 0 Å². The van der Waals surface area contributed by atoms with Crippen molar-refractivity contribution in [3.63, 3.8) is 0 Å². The van der Waals surface area contributed by atoms with Gasteiger partial charge in [0.2, 0.25) is 0 Å². The largest absolute Gasteiger partial charge is 0.389 e. The first kappa shape index (κ1) is 14.5. The number of aromatic nitrogens is 1. The molecule has 0 spiro atoms. The Morgan fingerprint density at radius 1 is 1.25 bits per heavy atom. The van der Waals surface area contributed by atoms with Gasteiger partial charge >= 0.3 is 0 Å². The molecule has 0 unspecified atom stereocenters. The summed E-state index contributed by atoms with van der Waals surface area (Å²) in [5, 5.41) is 0. The quantitative estimate of drug-likeness (QED) is 0.877. The zero-order chi connectivity index (χ0) is 14.7. The third kappa shape index (κ3) is 3.54. The number of rotatable bonds is 4. The maximum Gasteiger partial charge on any atom is 0.129 e. The maximum absolute atomic E-state index is 5.71. The highest BCUT2D eigenvalue weighted by Crippen LogP contribution is 2.16. The number of thiocarbonyl (C=S) groups is 1. The van der Waals surface area contributed by atoms with Gasteiger partial charge in [0.1, 0.15) is 10.8 Å². The number of nitrogens with zero attached hydrogens (tertiary/aromatic N) is 2. The van der Waals surface area contributed by atoms with Crippen LogP contribution in [0.15, 0.2) is 36.4 Å². The summed E-state index contributed by atoms with van der Waals surface area (Å²) in [4.78, 5) is 7.05. The summed E-state index contributed by atoms with van der Waals surface area (Å²) in [7, 11) is 2.02. The van der Waals surface area contributed by atoms with Gasteiger partial charge in [-0.25, -0.2) is 4.98 Å². The molecule has 2 aromatic rings. The van der Waals surface area contributed by atoms with Crippen molar-refractivity contribution in [3.05, 3.63) is 58.8 Å². The minimum absolute atomic E-state index is 0.403. The van der Waals surface area contributed by atoms with E-state index in [1.54, 1.807) is 0 Å². The lowest BCUT2D eigenvalue weighted by Gasteiger charge is -2.20. The van der Waals surface area contributed by atoms with Gasteiger partial charge in [0.15, 0.2) is 0 Å². The van der Waals surface area contributed by atoms with E-state index in [9.17, 15) is 0 Å². The molecular formula is C16H19N3S. The summed E-state index contributed by atoms with van der Waals surface area (Å²) >= 11 is 5.05. The van der Waals surface area contributed by atoms with Crippen LogP contribution in [0, 0.1) is 13.8 Å². The highest BCUT2D eigenvalue weighted by molar-refractivity contribution is 7.80. The van der Waals surface area contributed by atoms with E-state index in [2.05, 4.69) is 41.1 Å². The molecule has 0 atom stereocenters. The van der Waals surface area contributed by atoms with Crippen LogP contribution in [0.5, 0.6) is 0 Å². The standard InChI is InChI=1S/C16H19N3S/c1-11-5-4-6-13(7-11)10-19(3)15-9-14(16(17)20)8-12(2)18-15/h4-9H,10H2,1-3H3,(H2,17,20). The Hall–Kier alpha value is -1.94. The third-order valence-corrected chi connectivity index (χ3v) is 3.35. The first-order chi connectivity index (χ1) is 9.45. The molecule has 1 heterocycles. The predicted molar refractivity (Wildman–Crippen MR) is 88.1 cm³/mol. The number of benzene rings is 1. The van der Waals surface area contributed by atoms with Crippen LogP contribution < -0.4 is 10.6 Å². The van der Waals surface area contributed by atoms with Gasteiger partial charge < -0.3 is 10.6 Å². The Morgan fingerprint density at radius 2 is 2.00 bits per heavy atom. The summed E-state index contributed by atoms with van der Waals surface area (Å²) in [6.07, 6.45) is 0. The summed E-state index contributed by atoms with van der Waals surface area (Å²) in [5.41, 5.74) is 10.0. The molecule has 0 aliphatic rings. The van der Waals surface area contributed by atoms with Crippen LogP contribution in [0.4, 0.5) is 5.82 Å². The Labute approximate surface area is 125 Å². The number of aryl methyl sites for hydroxylation is 2. The van der Waals surface area contributed by atoms with Crippen molar-refractivity contribution in [1.82, 2.24) is 4.98 Å². The molecule has 104 valence electrons. The number of anilines is 1. The van der Waals surface area contributed by atoms with Crippen molar-refractivity contribution in [3.8, 4) is 0 Å². The lowest BCUT2D eigenvalue weighted by Crippen LogP contribution is -2.19. The van der Waals surface area contributed by atoms with Crippen LogP contribution in [0.25, 0.3) is 0 Å². The van der Waals surface area contributed by atoms with Gasteiger partial charge in [-0.2, -0.15) is 0 Å². The molecule has 0 radical (unpaired) electrons. The maximum atomic E-state index is 5.71. The summed E-state index contributed by atoms with van der Waals surface area (Å²) in [5.74, 6) is 0.884. The van der Waals surface area contributed by atoms with E-state index in [1.807, 2.05) is 26.1 Å². The highest BCUT2D eigenvalue weighted by Gasteiger charge is 2.07. The molecule has 0 amide bonds. The molecule has 3 nitrogen and oxygen atoms in total. The SMILES string of the molecule is Cc1cccc(CN(C)c2cc(C(N)=S)cc(C)n2)c1. The predicted octanol–water partition coefficient (Wildman–Crippen LogP) is 2.97. The molecule has 1 aromatic heterocycles. The average Bonchev–Trinajstić information content (AvgIpc) is 2.37. The van der Waals surface area contributed by atoms with E-state index in [4.69, 9.17) is 18.0 Å². The van der Waals surface area contributed by atoms with E-state index < -0.39 is 0 Å². The van der Waals surface area contributed by atoms with Gasteiger partial charge in [-0.1, -0.05) is 42.0 Å². The number of hydrogen-bond acceptors (Lipinski definition) is 3. The Morgan fingerprint density at radius 3 is 2.65 bits per heavy atom. The summed E-state index contributed by atoms with van der Waals surface area (Å²) in [6.45, 7) is 4.85. The summed E-state index contributed by atoms with van der Waals surface area (Å²) < 4.78 is 0. The highest BCUT2D eigenvalue weighted by atomic mass is 32.1. The second-order valence-electron chi connectivity index (χ2n) is 5.06. The fraction of sp³-hybridized carbons (Fsp3) is 0.250. The van der Waals surface area contributed by atoms with Crippen LogP contribution in [-0.4, -0.2) is 17.0 Å². The second-order valence-corrected chi connectivity index (χ2v) is 5.50. The van der Waals surface area contributed by atoms with Crippen LogP contribution in [0.3, 0.4) is 0 Å². The van der Waals surface area contributed by atoms with Crippen molar-refractivity contribution in [2.45, 2.75) is 20.4 Å². The molecule has 0 saturated carbocycles. The van der Waals surface area contributed by atoms with Gasteiger partial charge in [0.05, 0.1) is 0 Å². The Bertz CT molecular complexity index is 637. The second kappa shape index (κ2) is 6.01. The van der Waals surface area contributed by atoms with Crippen LogP contribution in [-0.2, 0) is 6.54 Å². The zero-order valence-corrected chi connectivity index (χ0v) is 12.9. The molecule has 2 rings (SSSR count). The molecule has 2 N–H and O–H groups in total. The third-order valence-electron chi connectivity index (χ3n) is 3.12. The molecule has 1 aromatic carbocycles. The molecule has 0 saturated heterocycles. The van der Waals surface area contributed by atoms with E-state index in [0.717, 1.165) is 23.6 Å². The van der Waals surface area contributed by atoms with E-state index in [-0.39, 0.29) is 0 Å². The number of pyridine rings is 1. The minimum Gasteiger partial charge on any atom is -0.389 e. The van der Waals surface area contributed by atoms with E-state index >= 15 is 0 Å². The first-order valence-corrected chi connectivity index (χ1v) is 6.91. The topological polar surface area (TPSA) is 42.1 Å².